The summed E-state index contributed by atoms with van der Waals surface area (Å²) in [5, 5.41) is 18.1. The molecule has 1 heterocycles. The van der Waals surface area contributed by atoms with Crippen molar-refractivity contribution in [3.05, 3.63) is 39.6 Å². The summed E-state index contributed by atoms with van der Waals surface area (Å²) in [7, 11) is -2.56. The zero-order valence-corrected chi connectivity index (χ0v) is 18.9. The molecule has 0 fully saturated rings. The van der Waals surface area contributed by atoms with Crippen molar-refractivity contribution in [3.63, 3.8) is 0 Å². The number of sulfonamides is 1. The van der Waals surface area contributed by atoms with E-state index in [1.54, 1.807) is 20.9 Å². The maximum atomic E-state index is 12.9. The number of benzene rings is 1. The Balaban J connectivity index is 2.52. The van der Waals surface area contributed by atoms with Gasteiger partial charge in [-0.3, -0.25) is 14.9 Å². The van der Waals surface area contributed by atoms with E-state index < -0.39 is 20.6 Å². The molecule has 2 N–H and O–H groups in total. The van der Waals surface area contributed by atoms with Crippen LogP contribution in [0.15, 0.2) is 23.1 Å². The number of ether oxygens (including phenoxy) is 1. The van der Waals surface area contributed by atoms with Crippen LogP contribution in [0.2, 0.25) is 0 Å². The van der Waals surface area contributed by atoms with E-state index in [1.165, 1.54) is 10.7 Å². The second-order valence-electron chi connectivity index (χ2n) is 7.08. The van der Waals surface area contributed by atoms with Crippen LogP contribution in [0, 0.1) is 17.0 Å². The van der Waals surface area contributed by atoms with E-state index in [-0.39, 0.29) is 34.2 Å². The average Bonchev–Trinajstić information content (AvgIpc) is 2.99. The van der Waals surface area contributed by atoms with Gasteiger partial charge in [-0.25, -0.2) is 17.8 Å². The van der Waals surface area contributed by atoms with Crippen LogP contribution in [0.3, 0.4) is 0 Å². The molecule has 0 aliphatic carbocycles. The van der Waals surface area contributed by atoms with Gasteiger partial charge in [0, 0.05) is 37.3 Å². The van der Waals surface area contributed by atoms with Gasteiger partial charge in [-0.15, -0.1) is 0 Å². The number of aromatic nitrogens is 2. The topological polar surface area (TPSA) is 145 Å². The van der Waals surface area contributed by atoms with E-state index in [9.17, 15) is 23.3 Å². The highest BCUT2D eigenvalue weighted by Gasteiger charge is 2.27. The maximum absolute atomic E-state index is 12.9. The Labute approximate surface area is 181 Å². The zero-order chi connectivity index (χ0) is 23.3. The fourth-order valence-electron chi connectivity index (χ4n) is 2.72. The van der Waals surface area contributed by atoms with Crippen molar-refractivity contribution in [2.24, 2.45) is 7.05 Å². The van der Waals surface area contributed by atoms with E-state index >= 15 is 0 Å². The SMILES string of the molecule is CCCNC(=O)c1nn(C)c(Oc2ccc([N+](=O)[O-])cc2S(=O)(=O)N[C@@H](C)CC)c1C. The lowest BCUT2D eigenvalue weighted by Gasteiger charge is -2.15. The van der Waals surface area contributed by atoms with Gasteiger partial charge in [0.2, 0.25) is 15.9 Å². The van der Waals surface area contributed by atoms with Crippen molar-refractivity contribution >= 4 is 21.6 Å². The van der Waals surface area contributed by atoms with Gasteiger partial charge in [0.25, 0.3) is 11.6 Å². The first kappa shape index (κ1) is 24.3. The van der Waals surface area contributed by atoms with Crippen LogP contribution in [0.4, 0.5) is 5.69 Å². The minimum Gasteiger partial charge on any atom is -0.438 e. The van der Waals surface area contributed by atoms with Crippen LogP contribution in [0.25, 0.3) is 0 Å². The van der Waals surface area contributed by atoms with E-state index in [0.717, 1.165) is 18.6 Å². The molecule has 0 unspecified atom stereocenters. The molecule has 1 amide bonds. The minimum absolute atomic E-state index is 0.118. The molecule has 0 spiro atoms. The van der Waals surface area contributed by atoms with Crippen LogP contribution >= 0.6 is 0 Å². The number of nitro benzene ring substituents is 1. The summed E-state index contributed by atoms with van der Waals surface area (Å²) in [6.45, 7) is 7.52. The van der Waals surface area contributed by atoms with Crippen LogP contribution in [-0.4, -0.2) is 41.6 Å². The first-order valence-electron chi connectivity index (χ1n) is 9.82. The minimum atomic E-state index is -4.11. The molecule has 0 saturated heterocycles. The van der Waals surface area contributed by atoms with Gasteiger partial charge >= 0.3 is 0 Å². The third-order valence-corrected chi connectivity index (χ3v) is 6.18. The molecular weight excluding hydrogens is 426 g/mol. The Hall–Kier alpha value is -2.99. The molecule has 1 atom stereocenters. The van der Waals surface area contributed by atoms with Gasteiger partial charge in [-0.05, 0) is 32.8 Å². The van der Waals surface area contributed by atoms with Gasteiger partial charge in [0.05, 0.1) is 4.92 Å². The summed E-state index contributed by atoms with van der Waals surface area (Å²) in [5.41, 5.74) is 0.168. The van der Waals surface area contributed by atoms with Crippen LogP contribution in [0.1, 0.15) is 49.7 Å². The lowest BCUT2D eigenvalue weighted by molar-refractivity contribution is -0.385. The summed E-state index contributed by atoms with van der Waals surface area (Å²) < 4.78 is 35.4. The van der Waals surface area contributed by atoms with Crippen molar-refractivity contribution in [2.45, 2.75) is 51.5 Å². The number of hydrogen-bond donors (Lipinski definition) is 2. The first-order valence-corrected chi connectivity index (χ1v) is 11.3. The number of non-ortho nitro benzene ring substituents is 1. The van der Waals surface area contributed by atoms with Crippen LogP contribution in [0.5, 0.6) is 11.6 Å². The number of aryl methyl sites for hydroxylation is 1. The predicted octanol–water partition coefficient (Wildman–Crippen LogP) is 2.65. The molecule has 2 aromatic rings. The zero-order valence-electron chi connectivity index (χ0n) is 18.1. The van der Waals surface area contributed by atoms with Crippen LogP contribution < -0.4 is 14.8 Å². The molecule has 1 aromatic carbocycles. The number of nitrogens with zero attached hydrogens (tertiary/aromatic N) is 3. The summed E-state index contributed by atoms with van der Waals surface area (Å²) in [4.78, 5) is 22.5. The quantitative estimate of drug-likeness (QED) is 0.415. The van der Waals surface area contributed by atoms with Gasteiger partial charge < -0.3 is 10.1 Å². The van der Waals surface area contributed by atoms with E-state index in [0.29, 0.717) is 18.5 Å². The second kappa shape index (κ2) is 9.88. The molecular formula is C19H27N5O6S. The number of amides is 1. The molecule has 0 bridgehead atoms. The van der Waals surface area contributed by atoms with Crippen molar-refractivity contribution in [1.29, 1.82) is 0 Å². The summed E-state index contributed by atoms with van der Waals surface area (Å²) in [6, 6.07) is 2.93. The molecule has 0 aliphatic rings. The lowest BCUT2D eigenvalue weighted by Crippen LogP contribution is -2.32. The fraction of sp³-hybridized carbons (Fsp3) is 0.474. The number of carbonyl (C=O) groups excluding carboxylic acids is 1. The maximum Gasteiger partial charge on any atom is 0.272 e. The van der Waals surface area contributed by atoms with Gasteiger partial charge in [0.15, 0.2) is 5.69 Å². The number of nitro groups is 1. The number of hydrogen-bond acceptors (Lipinski definition) is 7. The number of nitrogens with one attached hydrogen (secondary N) is 2. The van der Waals surface area contributed by atoms with Crippen molar-refractivity contribution < 1.29 is 22.9 Å². The standard InChI is InChI=1S/C19H27N5O6S/c1-6-10-20-18(25)17-13(4)19(23(5)21-17)30-15-9-8-14(24(26)27)11-16(15)31(28,29)22-12(3)7-2/h8-9,11-12,22H,6-7,10H2,1-5H3,(H,20,25)/t12-/m0/s1. The molecule has 2 rings (SSSR count). The Kier molecular flexibility index (Phi) is 7.74. The van der Waals surface area contributed by atoms with Crippen molar-refractivity contribution in [3.8, 4) is 11.6 Å². The Bertz CT molecular complexity index is 1080. The second-order valence-corrected chi connectivity index (χ2v) is 8.76. The van der Waals surface area contributed by atoms with Crippen molar-refractivity contribution in [1.82, 2.24) is 19.8 Å². The molecule has 1 aromatic heterocycles. The molecule has 12 heteroatoms. The van der Waals surface area contributed by atoms with E-state index in [2.05, 4.69) is 15.1 Å². The largest absolute Gasteiger partial charge is 0.438 e. The lowest BCUT2D eigenvalue weighted by atomic mass is 10.2. The molecule has 0 aliphatic heterocycles. The normalized spacial score (nSPS) is 12.4. The third-order valence-electron chi connectivity index (χ3n) is 4.57. The summed E-state index contributed by atoms with van der Waals surface area (Å²) in [6.07, 6.45) is 1.29. The van der Waals surface area contributed by atoms with E-state index in [4.69, 9.17) is 4.74 Å². The smallest absolute Gasteiger partial charge is 0.272 e. The van der Waals surface area contributed by atoms with Crippen LogP contribution in [-0.2, 0) is 17.1 Å². The summed E-state index contributed by atoms with van der Waals surface area (Å²) in [5.74, 6) is -0.344. The Morgan fingerprint density at radius 1 is 1.35 bits per heavy atom. The number of rotatable bonds is 10. The highest BCUT2D eigenvalue weighted by atomic mass is 32.2. The first-order chi connectivity index (χ1) is 14.5. The summed E-state index contributed by atoms with van der Waals surface area (Å²) >= 11 is 0. The molecule has 170 valence electrons. The molecule has 11 nitrogen and oxygen atoms in total. The molecule has 0 saturated carbocycles. The van der Waals surface area contributed by atoms with Gasteiger partial charge in [0.1, 0.15) is 10.6 Å². The van der Waals surface area contributed by atoms with Gasteiger partial charge in [-0.2, -0.15) is 5.10 Å². The Morgan fingerprint density at radius 2 is 2.03 bits per heavy atom. The predicted molar refractivity (Wildman–Crippen MR) is 114 cm³/mol. The van der Waals surface area contributed by atoms with E-state index in [1.807, 2.05) is 13.8 Å². The number of carbonyl (C=O) groups is 1. The average molecular weight is 454 g/mol. The Morgan fingerprint density at radius 3 is 2.61 bits per heavy atom. The molecule has 31 heavy (non-hydrogen) atoms. The van der Waals surface area contributed by atoms with Gasteiger partial charge in [-0.1, -0.05) is 13.8 Å². The highest BCUT2D eigenvalue weighted by Crippen LogP contribution is 2.34. The van der Waals surface area contributed by atoms with Crippen molar-refractivity contribution in [2.75, 3.05) is 6.54 Å². The molecule has 0 radical (unpaired) electrons. The third kappa shape index (κ3) is 5.58. The highest BCUT2D eigenvalue weighted by molar-refractivity contribution is 7.89. The fourth-order valence-corrected chi connectivity index (χ4v) is 4.19. The monoisotopic (exact) mass is 453 g/mol.